The van der Waals surface area contributed by atoms with Gasteiger partial charge in [0.2, 0.25) is 5.91 Å². The Morgan fingerprint density at radius 3 is 2.55 bits per heavy atom. The van der Waals surface area contributed by atoms with Crippen molar-refractivity contribution in [1.82, 2.24) is 14.9 Å². The van der Waals surface area contributed by atoms with Gasteiger partial charge in [-0.3, -0.25) is 4.79 Å². The van der Waals surface area contributed by atoms with Crippen molar-refractivity contribution in [3.8, 4) is 22.6 Å². The van der Waals surface area contributed by atoms with Crippen LogP contribution in [0.15, 0.2) is 73.1 Å². The van der Waals surface area contributed by atoms with Crippen molar-refractivity contribution in [2.75, 3.05) is 13.7 Å². The first kappa shape index (κ1) is 28.2. The third kappa shape index (κ3) is 6.45. The summed E-state index contributed by atoms with van der Waals surface area (Å²) in [5, 5.41) is 17.5. The maximum absolute atomic E-state index is 12.8. The molecule has 2 aliphatic rings. The smallest absolute Gasteiger partial charge is 0.224 e. The Balaban J connectivity index is 0.941. The van der Waals surface area contributed by atoms with E-state index in [1.165, 1.54) is 5.56 Å². The van der Waals surface area contributed by atoms with Crippen molar-refractivity contribution in [2.45, 2.75) is 70.3 Å². The minimum atomic E-state index is -0.916. The fourth-order valence-electron chi connectivity index (χ4n) is 6.29. The second-order valence-electron chi connectivity index (χ2n) is 12.6. The van der Waals surface area contributed by atoms with Crippen molar-refractivity contribution in [3.05, 3.63) is 84.2 Å². The molecule has 8 heteroatoms. The van der Waals surface area contributed by atoms with E-state index in [0.29, 0.717) is 17.8 Å². The number of benzene rings is 2. The number of aliphatic hydroxyl groups is 1. The minimum Gasteiger partial charge on any atom is -0.490 e. The number of methoxy groups -OCH3 is 1. The normalized spacial score (nSPS) is 21.5. The van der Waals surface area contributed by atoms with Gasteiger partial charge < -0.3 is 24.6 Å². The second kappa shape index (κ2) is 11.4. The summed E-state index contributed by atoms with van der Waals surface area (Å²) in [6.07, 6.45) is 8.10. The Morgan fingerprint density at radius 2 is 1.81 bits per heavy atom. The lowest BCUT2D eigenvalue weighted by molar-refractivity contribution is -0.126. The van der Waals surface area contributed by atoms with Crippen LogP contribution in [0.5, 0.6) is 11.5 Å². The van der Waals surface area contributed by atoms with Gasteiger partial charge in [0.05, 0.1) is 42.6 Å². The van der Waals surface area contributed by atoms with Crippen LogP contribution in [0, 0.1) is 5.41 Å². The highest BCUT2D eigenvalue weighted by atomic mass is 16.5. The van der Waals surface area contributed by atoms with E-state index in [1.54, 1.807) is 37.9 Å². The maximum Gasteiger partial charge on any atom is 0.224 e. The average molecular weight is 570 g/mol. The molecule has 4 aromatic rings. The third-order valence-corrected chi connectivity index (χ3v) is 8.29. The highest BCUT2D eigenvalue weighted by Gasteiger charge is 2.54. The summed E-state index contributed by atoms with van der Waals surface area (Å²) in [7, 11) is 1.71. The molecule has 0 radical (unpaired) electrons. The molecule has 0 aliphatic heterocycles. The van der Waals surface area contributed by atoms with Gasteiger partial charge in [0, 0.05) is 18.7 Å². The Hall–Kier alpha value is -3.88. The number of amides is 1. The van der Waals surface area contributed by atoms with Gasteiger partial charge in [0.15, 0.2) is 0 Å². The van der Waals surface area contributed by atoms with E-state index in [1.807, 2.05) is 12.1 Å². The standard InChI is InChI=1S/C34H39N3O5/c1-33(2,39)22-41-29-11-12-31-26(19-35-37(31)20-29)14-32(38)36-27-15-34(16-27)17-30(18-34)42-28-9-7-24(8-10-28)25-6-4-5-23(13-25)21-40-3/h4-13,19-20,27,30,39H,14-18,21-22H2,1-3H3,(H,36,38). The van der Waals surface area contributed by atoms with E-state index in [9.17, 15) is 9.90 Å². The van der Waals surface area contributed by atoms with E-state index in [2.05, 4.69) is 58.9 Å². The van der Waals surface area contributed by atoms with Gasteiger partial charge in [-0.2, -0.15) is 5.10 Å². The van der Waals surface area contributed by atoms with Crippen molar-refractivity contribution < 1.29 is 24.1 Å². The summed E-state index contributed by atoms with van der Waals surface area (Å²) in [6, 6.07) is 20.7. The summed E-state index contributed by atoms with van der Waals surface area (Å²) >= 11 is 0. The zero-order chi connectivity index (χ0) is 29.3. The van der Waals surface area contributed by atoms with E-state index < -0.39 is 5.60 Å². The number of carbonyl (C=O) groups is 1. The lowest BCUT2D eigenvalue weighted by Gasteiger charge is -2.57. The predicted molar refractivity (Wildman–Crippen MR) is 161 cm³/mol. The third-order valence-electron chi connectivity index (χ3n) is 8.29. The summed E-state index contributed by atoms with van der Waals surface area (Å²) in [5.41, 5.74) is 4.62. The quantitative estimate of drug-likeness (QED) is 0.253. The number of hydrogen-bond donors (Lipinski definition) is 2. The van der Waals surface area contributed by atoms with E-state index in [0.717, 1.165) is 53.6 Å². The molecule has 220 valence electrons. The van der Waals surface area contributed by atoms with Crippen molar-refractivity contribution >= 4 is 11.4 Å². The SMILES string of the molecule is COCc1cccc(-c2ccc(OC3CC4(CC(NC(=O)Cc5cnn6cc(OCC(C)(C)O)ccc56)C4)C3)cc2)c1. The fourth-order valence-corrected chi connectivity index (χ4v) is 6.29. The Labute approximate surface area is 246 Å². The molecule has 0 atom stereocenters. The number of aromatic nitrogens is 2. The Morgan fingerprint density at radius 1 is 1.05 bits per heavy atom. The van der Waals surface area contributed by atoms with Gasteiger partial charge in [-0.25, -0.2) is 4.52 Å². The zero-order valence-electron chi connectivity index (χ0n) is 24.5. The summed E-state index contributed by atoms with van der Waals surface area (Å²) in [4.78, 5) is 12.8. The molecule has 0 saturated heterocycles. The van der Waals surface area contributed by atoms with E-state index in [-0.39, 0.29) is 31.1 Å². The molecule has 1 spiro atoms. The van der Waals surface area contributed by atoms with Crippen LogP contribution in [-0.4, -0.2) is 52.1 Å². The van der Waals surface area contributed by atoms with Crippen molar-refractivity contribution in [1.29, 1.82) is 0 Å². The highest BCUT2D eigenvalue weighted by Crippen LogP contribution is 2.56. The lowest BCUT2D eigenvalue weighted by atomic mass is 9.53. The number of ether oxygens (including phenoxy) is 3. The minimum absolute atomic E-state index is 0.0204. The Kier molecular flexibility index (Phi) is 7.68. The molecule has 2 aromatic carbocycles. The van der Waals surface area contributed by atoms with Crippen LogP contribution in [0.4, 0.5) is 0 Å². The monoisotopic (exact) mass is 569 g/mol. The molecule has 2 aromatic heterocycles. The van der Waals surface area contributed by atoms with E-state index >= 15 is 0 Å². The van der Waals surface area contributed by atoms with Crippen LogP contribution in [0.3, 0.4) is 0 Å². The molecule has 0 unspecified atom stereocenters. The van der Waals surface area contributed by atoms with Gasteiger partial charge in [-0.1, -0.05) is 30.3 Å². The highest BCUT2D eigenvalue weighted by molar-refractivity contribution is 5.81. The number of rotatable bonds is 11. The first-order valence-corrected chi connectivity index (χ1v) is 14.6. The van der Waals surface area contributed by atoms with Gasteiger partial charge in [0.1, 0.15) is 18.1 Å². The van der Waals surface area contributed by atoms with Crippen LogP contribution >= 0.6 is 0 Å². The first-order valence-electron chi connectivity index (χ1n) is 14.6. The van der Waals surface area contributed by atoms with Crippen LogP contribution in [-0.2, 0) is 22.6 Å². The van der Waals surface area contributed by atoms with Gasteiger partial charge >= 0.3 is 0 Å². The van der Waals surface area contributed by atoms with Crippen LogP contribution in [0.2, 0.25) is 0 Å². The molecule has 2 fully saturated rings. The zero-order valence-corrected chi connectivity index (χ0v) is 24.5. The topological polar surface area (TPSA) is 94.3 Å². The molecule has 0 bridgehead atoms. The maximum atomic E-state index is 12.8. The van der Waals surface area contributed by atoms with Crippen LogP contribution in [0.1, 0.15) is 50.7 Å². The van der Waals surface area contributed by atoms with Gasteiger partial charge in [-0.15, -0.1) is 0 Å². The molecule has 6 rings (SSSR count). The second-order valence-corrected chi connectivity index (χ2v) is 12.6. The number of hydrogen-bond acceptors (Lipinski definition) is 6. The van der Waals surface area contributed by atoms with Gasteiger partial charge in [-0.05, 0) is 92.0 Å². The fraction of sp³-hybridized carbons (Fsp3) is 0.412. The number of fused-ring (bicyclic) bond motifs is 1. The molecule has 2 heterocycles. The molecule has 1 amide bonds. The molecular weight excluding hydrogens is 530 g/mol. The van der Waals surface area contributed by atoms with Gasteiger partial charge in [0.25, 0.3) is 0 Å². The molecule has 8 nitrogen and oxygen atoms in total. The molecular formula is C34H39N3O5. The molecule has 42 heavy (non-hydrogen) atoms. The molecule has 2 saturated carbocycles. The van der Waals surface area contributed by atoms with Crippen molar-refractivity contribution in [3.63, 3.8) is 0 Å². The lowest BCUT2D eigenvalue weighted by Crippen LogP contribution is -2.58. The number of pyridine rings is 1. The average Bonchev–Trinajstić information content (AvgIpc) is 3.31. The summed E-state index contributed by atoms with van der Waals surface area (Å²) < 4.78 is 18.9. The number of nitrogens with one attached hydrogen (secondary N) is 1. The first-order chi connectivity index (χ1) is 20.2. The molecule has 2 aliphatic carbocycles. The predicted octanol–water partition coefficient (Wildman–Crippen LogP) is 5.35. The van der Waals surface area contributed by atoms with Crippen LogP contribution in [0.25, 0.3) is 16.6 Å². The summed E-state index contributed by atoms with van der Waals surface area (Å²) in [5.74, 6) is 1.54. The summed E-state index contributed by atoms with van der Waals surface area (Å²) in [6.45, 7) is 4.18. The number of carbonyl (C=O) groups excluding carboxylic acids is 1. The van der Waals surface area contributed by atoms with Crippen LogP contribution < -0.4 is 14.8 Å². The number of nitrogens with zero attached hydrogens (tertiary/aromatic N) is 2. The largest absolute Gasteiger partial charge is 0.490 e. The Bertz CT molecular complexity index is 1540. The van der Waals surface area contributed by atoms with Crippen molar-refractivity contribution in [2.24, 2.45) is 5.41 Å². The molecule has 2 N–H and O–H groups in total. The van der Waals surface area contributed by atoms with E-state index in [4.69, 9.17) is 14.2 Å².